The number of amides is 2. The van der Waals surface area contributed by atoms with Crippen molar-refractivity contribution >= 4 is 17.8 Å². The summed E-state index contributed by atoms with van der Waals surface area (Å²) in [5, 5.41) is 12.5. The standard InChI is InChI=1S/C29H44N2O5/c1-6-8-9-13-17-27(34)36-22-25(29(3,4)5)30-28(35)24(14-7-2)20-26(33)31(18-19-32)21-23-15-11-10-12-16-23/h6-7,10-12,15-16,24-25,32H,1-2,8-9,13-14,17-22H2,3-5H3,(H,30,35)/t24-,25+/m0/s1. The number of carbonyl (C=O) groups excluding carboxylic acids is 3. The van der Waals surface area contributed by atoms with Gasteiger partial charge < -0.3 is 20.1 Å². The van der Waals surface area contributed by atoms with Gasteiger partial charge in [-0.1, -0.05) is 63.3 Å². The maximum absolute atomic E-state index is 13.2. The summed E-state index contributed by atoms with van der Waals surface area (Å²) in [6.45, 7) is 13.8. The van der Waals surface area contributed by atoms with Gasteiger partial charge in [0, 0.05) is 25.9 Å². The molecule has 0 unspecified atom stereocenters. The van der Waals surface area contributed by atoms with Gasteiger partial charge in [-0.2, -0.15) is 0 Å². The number of nitrogens with one attached hydrogen (secondary N) is 1. The zero-order valence-corrected chi connectivity index (χ0v) is 22.2. The van der Waals surface area contributed by atoms with Gasteiger partial charge in [0.1, 0.15) is 6.61 Å². The van der Waals surface area contributed by atoms with E-state index in [1.165, 1.54) is 0 Å². The molecule has 2 N–H and O–H groups in total. The van der Waals surface area contributed by atoms with E-state index in [-0.39, 0.29) is 49.4 Å². The molecule has 0 aromatic heterocycles. The Balaban J connectivity index is 2.81. The van der Waals surface area contributed by atoms with E-state index < -0.39 is 12.0 Å². The van der Waals surface area contributed by atoms with Crippen LogP contribution in [0, 0.1) is 11.3 Å². The van der Waals surface area contributed by atoms with Crippen LogP contribution in [0.5, 0.6) is 0 Å². The van der Waals surface area contributed by atoms with Crippen molar-refractivity contribution in [3.63, 3.8) is 0 Å². The Morgan fingerprint density at radius 3 is 2.39 bits per heavy atom. The summed E-state index contributed by atoms with van der Waals surface area (Å²) in [5.41, 5.74) is 0.584. The monoisotopic (exact) mass is 500 g/mol. The molecule has 0 spiro atoms. The fourth-order valence-electron chi connectivity index (χ4n) is 3.64. The predicted molar refractivity (Wildman–Crippen MR) is 143 cm³/mol. The van der Waals surface area contributed by atoms with Crippen LogP contribution in [0.1, 0.15) is 64.9 Å². The molecule has 0 aliphatic heterocycles. The van der Waals surface area contributed by atoms with Crippen LogP contribution < -0.4 is 5.32 Å². The third-order valence-corrected chi connectivity index (χ3v) is 5.99. The number of rotatable bonds is 17. The molecule has 0 radical (unpaired) electrons. The van der Waals surface area contributed by atoms with Crippen molar-refractivity contribution in [2.24, 2.45) is 11.3 Å². The predicted octanol–water partition coefficient (Wildman–Crippen LogP) is 4.41. The van der Waals surface area contributed by atoms with Crippen molar-refractivity contribution in [1.29, 1.82) is 0 Å². The first-order chi connectivity index (χ1) is 17.1. The molecule has 0 saturated carbocycles. The van der Waals surface area contributed by atoms with Crippen LogP contribution in [0.3, 0.4) is 0 Å². The zero-order chi connectivity index (χ0) is 27.0. The minimum absolute atomic E-state index is 0.00928. The largest absolute Gasteiger partial charge is 0.463 e. The summed E-state index contributed by atoms with van der Waals surface area (Å²) in [5.74, 6) is -1.41. The highest BCUT2D eigenvalue weighted by Crippen LogP contribution is 2.22. The molecule has 0 bridgehead atoms. The number of nitrogens with zero attached hydrogens (tertiary/aromatic N) is 1. The second kappa shape index (κ2) is 16.7. The number of carbonyl (C=O) groups is 3. The quantitative estimate of drug-likeness (QED) is 0.188. The minimum Gasteiger partial charge on any atom is -0.463 e. The van der Waals surface area contributed by atoms with Gasteiger partial charge in [0.05, 0.1) is 18.6 Å². The molecule has 7 nitrogen and oxygen atoms in total. The Kier molecular flexibility index (Phi) is 14.4. The van der Waals surface area contributed by atoms with Gasteiger partial charge in [0.2, 0.25) is 11.8 Å². The molecule has 1 aromatic carbocycles. The van der Waals surface area contributed by atoms with Crippen LogP contribution in [-0.4, -0.2) is 53.6 Å². The molecule has 1 aromatic rings. The van der Waals surface area contributed by atoms with Crippen LogP contribution in [0.25, 0.3) is 0 Å². The Morgan fingerprint density at radius 1 is 1.11 bits per heavy atom. The molecule has 0 aliphatic carbocycles. The molecule has 2 amide bonds. The topological polar surface area (TPSA) is 95.9 Å². The van der Waals surface area contributed by atoms with Crippen molar-refractivity contribution in [1.82, 2.24) is 10.2 Å². The molecule has 36 heavy (non-hydrogen) atoms. The van der Waals surface area contributed by atoms with Crippen molar-refractivity contribution in [3.05, 3.63) is 61.2 Å². The summed E-state index contributed by atoms with van der Waals surface area (Å²) in [4.78, 5) is 40.0. The summed E-state index contributed by atoms with van der Waals surface area (Å²) in [6, 6.07) is 9.11. The summed E-state index contributed by atoms with van der Waals surface area (Å²) in [6.07, 6.45) is 6.57. The summed E-state index contributed by atoms with van der Waals surface area (Å²) >= 11 is 0. The zero-order valence-electron chi connectivity index (χ0n) is 22.2. The third kappa shape index (κ3) is 12.2. The third-order valence-electron chi connectivity index (χ3n) is 5.99. The average molecular weight is 501 g/mol. The van der Waals surface area contributed by atoms with E-state index in [2.05, 4.69) is 18.5 Å². The van der Waals surface area contributed by atoms with Crippen LogP contribution in [0.4, 0.5) is 0 Å². The van der Waals surface area contributed by atoms with Gasteiger partial charge in [-0.25, -0.2) is 0 Å². The first-order valence-electron chi connectivity index (χ1n) is 12.7. The Labute approximate surface area is 216 Å². The lowest BCUT2D eigenvalue weighted by atomic mass is 9.86. The Morgan fingerprint density at radius 2 is 1.81 bits per heavy atom. The lowest BCUT2D eigenvalue weighted by Gasteiger charge is -2.32. The first-order valence-corrected chi connectivity index (χ1v) is 12.7. The lowest BCUT2D eigenvalue weighted by Crippen LogP contribution is -2.49. The van der Waals surface area contributed by atoms with Crippen LogP contribution in [0.2, 0.25) is 0 Å². The number of esters is 1. The summed E-state index contributed by atoms with van der Waals surface area (Å²) in [7, 11) is 0. The van der Waals surface area contributed by atoms with Crippen molar-refractivity contribution in [2.45, 2.75) is 71.9 Å². The van der Waals surface area contributed by atoms with Crippen molar-refractivity contribution < 1.29 is 24.2 Å². The molecular weight excluding hydrogens is 456 g/mol. The number of aliphatic hydroxyl groups is 1. The van der Waals surface area contributed by atoms with E-state index in [1.54, 1.807) is 11.0 Å². The number of unbranched alkanes of at least 4 members (excludes halogenated alkanes) is 2. The average Bonchev–Trinajstić information content (AvgIpc) is 2.83. The maximum atomic E-state index is 13.2. The van der Waals surface area contributed by atoms with E-state index in [1.807, 2.05) is 57.2 Å². The van der Waals surface area contributed by atoms with Crippen LogP contribution in [-0.2, 0) is 25.7 Å². The molecule has 200 valence electrons. The van der Waals surface area contributed by atoms with Gasteiger partial charge in [-0.3, -0.25) is 14.4 Å². The molecule has 0 aliphatic rings. The molecule has 0 heterocycles. The van der Waals surface area contributed by atoms with E-state index >= 15 is 0 Å². The van der Waals surface area contributed by atoms with Crippen molar-refractivity contribution in [2.75, 3.05) is 19.8 Å². The smallest absolute Gasteiger partial charge is 0.305 e. The van der Waals surface area contributed by atoms with Gasteiger partial charge in [-0.15, -0.1) is 13.2 Å². The number of allylic oxidation sites excluding steroid dienone is 2. The highest BCUT2D eigenvalue weighted by atomic mass is 16.5. The number of ether oxygens (including phenoxy) is 1. The second-order valence-electron chi connectivity index (χ2n) is 10.1. The van der Waals surface area contributed by atoms with Gasteiger partial charge in [0.25, 0.3) is 0 Å². The SMILES string of the molecule is C=CCCCCC(=O)OC[C@@H](NC(=O)[C@@H](CC=C)CC(=O)N(CCO)Cc1ccccc1)C(C)(C)C. The van der Waals surface area contributed by atoms with Gasteiger partial charge in [0.15, 0.2) is 0 Å². The molecule has 7 heteroatoms. The molecule has 0 saturated heterocycles. The number of aliphatic hydroxyl groups excluding tert-OH is 1. The molecule has 2 atom stereocenters. The van der Waals surface area contributed by atoms with Crippen LogP contribution >= 0.6 is 0 Å². The fraction of sp³-hybridized carbons (Fsp3) is 0.552. The highest BCUT2D eigenvalue weighted by Gasteiger charge is 2.31. The van der Waals surface area contributed by atoms with E-state index in [9.17, 15) is 19.5 Å². The number of hydrogen-bond donors (Lipinski definition) is 2. The van der Waals surface area contributed by atoms with Crippen LogP contribution in [0.15, 0.2) is 55.6 Å². The van der Waals surface area contributed by atoms with E-state index in [4.69, 9.17) is 4.74 Å². The Hall–Kier alpha value is -2.93. The fourth-order valence-corrected chi connectivity index (χ4v) is 3.64. The van der Waals surface area contributed by atoms with Gasteiger partial charge >= 0.3 is 5.97 Å². The van der Waals surface area contributed by atoms with E-state index in [0.717, 1.165) is 24.8 Å². The second-order valence-corrected chi connectivity index (χ2v) is 10.1. The number of benzene rings is 1. The molecule has 0 fully saturated rings. The number of hydrogen-bond acceptors (Lipinski definition) is 5. The lowest BCUT2D eigenvalue weighted by molar-refractivity contribution is -0.146. The molecular formula is C29H44N2O5. The van der Waals surface area contributed by atoms with Gasteiger partial charge in [-0.05, 0) is 36.7 Å². The first kappa shape index (κ1) is 31.1. The minimum atomic E-state index is -0.619. The Bertz CT molecular complexity index is 832. The van der Waals surface area contributed by atoms with E-state index in [0.29, 0.717) is 19.4 Å². The normalized spacial score (nSPS) is 12.8. The molecule has 1 rings (SSSR count). The highest BCUT2D eigenvalue weighted by molar-refractivity contribution is 5.86. The summed E-state index contributed by atoms with van der Waals surface area (Å²) < 4.78 is 5.47. The maximum Gasteiger partial charge on any atom is 0.305 e. The van der Waals surface area contributed by atoms with Crippen molar-refractivity contribution in [3.8, 4) is 0 Å².